The summed E-state index contributed by atoms with van der Waals surface area (Å²) >= 11 is 0. The molecule has 1 amide bonds. The Morgan fingerprint density at radius 3 is 3.05 bits per heavy atom. The fourth-order valence-corrected chi connectivity index (χ4v) is 1.57. The summed E-state index contributed by atoms with van der Waals surface area (Å²) in [7, 11) is 1.68. The van der Waals surface area contributed by atoms with Gasteiger partial charge in [-0.25, -0.2) is 0 Å². The summed E-state index contributed by atoms with van der Waals surface area (Å²) in [5.74, 6) is 1.54. The van der Waals surface area contributed by atoms with Crippen LogP contribution in [0.3, 0.4) is 0 Å². The molecule has 20 heavy (non-hydrogen) atoms. The van der Waals surface area contributed by atoms with Crippen LogP contribution in [0.25, 0.3) is 0 Å². The van der Waals surface area contributed by atoms with E-state index >= 15 is 0 Å². The molecule has 5 N–H and O–H groups in total. The zero-order chi connectivity index (χ0) is 14.8. The maximum atomic E-state index is 9.83. The van der Waals surface area contributed by atoms with Crippen LogP contribution in [-0.4, -0.2) is 32.4 Å². The van der Waals surface area contributed by atoms with E-state index in [1.54, 1.807) is 7.05 Å². The van der Waals surface area contributed by atoms with E-state index in [0.717, 1.165) is 36.7 Å². The van der Waals surface area contributed by atoms with E-state index in [4.69, 9.17) is 10.5 Å². The van der Waals surface area contributed by atoms with E-state index in [1.165, 1.54) is 0 Å². The Hall–Kier alpha value is -2.44. The van der Waals surface area contributed by atoms with Crippen LogP contribution in [-0.2, 0) is 4.79 Å². The first-order valence-corrected chi connectivity index (χ1v) is 6.41. The maximum Gasteiger partial charge on any atom is 0.212 e. The highest BCUT2D eigenvalue weighted by atomic mass is 16.5. The van der Waals surface area contributed by atoms with Gasteiger partial charge in [-0.1, -0.05) is 6.92 Å². The minimum atomic E-state index is 0.611. The second kappa shape index (κ2) is 8.63. The van der Waals surface area contributed by atoms with Crippen LogP contribution in [0.5, 0.6) is 5.75 Å². The van der Waals surface area contributed by atoms with E-state index in [0.29, 0.717) is 12.2 Å². The van der Waals surface area contributed by atoms with Gasteiger partial charge in [0.05, 0.1) is 5.69 Å². The Kier molecular flexibility index (Phi) is 6.74. The first-order chi connectivity index (χ1) is 9.71. The molecule has 1 aromatic carbocycles. The third kappa shape index (κ3) is 5.05. The summed E-state index contributed by atoms with van der Waals surface area (Å²) < 4.78 is 5.36. The smallest absolute Gasteiger partial charge is 0.212 e. The summed E-state index contributed by atoms with van der Waals surface area (Å²) in [5, 5.41) is 9.40. The minimum Gasteiger partial charge on any atom is -0.490 e. The van der Waals surface area contributed by atoms with E-state index in [9.17, 15) is 4.79 Å². The summed E-state index contributed by atoms with van der Waals surface area (Å²) in [4.78, 5) is 9.83. The fourth-order valence-electron chi connectivity index (χ4n) is 1.57. The molecule has 1 aliphatic heterocycles. The lowest BCUT2D eigenvalue weighted by Gasteiger charge is -2.18. The van der Waals surface area contributed by atoms with Gasteiger partial charge in [0, 0.05) is 25.7 Å². The number of nitrogens with two attached hydrogens (primary N) is 1. The van der Waals surface area contributed by atoms with Crippen LogP contribution in [0.15, 0.2) is 23.3 Å². The second-order valence-corrected chi connectivity index (χ2v) is 3.93. The van der Waals surface area contributed by atoms with Gasteiger partial charge in [0.2, 0.25) is 6.41 Å². The molecule has 2 rings (SSSR count). The molecule has 0 aliphatic carbocycles. The Morgan fingerprint density at radius 2 is 2.40 bits per heavy atom. The second-order valence-electron chi connectivity index (χ2n) is 3.93. The number of rotatable bonds is 3. The first kappa shape index (κ1) is 15.6. The van der Waals surface area contributed by atoms with Gasteiger partial charge < -0.3 is 26.5 Å². The van der Waals surface area contributed by atoms with Crippen LogP contribution in [0.4, 0.5) is 11.4 Å². The molecule has 0 saturated carbocycles. The van der Waals surface area contributed by atoms with Crippen LogP contribution in [0, 0.1) is 0 Å². The lowest BCUT2D eigenvalue weighted by atomic mass is 10.2. The number of nitrogens with zero attached hydrogens (tertiary/aromatic N) is 1. The number of amidine groups is 1. The van der Waals surface area contributed by atoms with Crippen molar-refractivity contribution in [2.75, 3.05) is 31.2 Å². The molecular weight excluding hydrogens is 258 g/mol. The lowest BCUT2D eigenvalue weighted by Crippen LogP contribution is -2.22. The first-order valence-electron chi connectivity index (χ1n) is 6.41. The Morgan fingerprint density at radius 1 is 1.60 bits per heavy atom. The molecule has 110 valence electrons. The van der Waals surface area contributed by atoms with Crippen molar-refractivity contribution in [2.45, 2.75) is 13.3 Å². The quantitative estimate of drug-likeness (QED) is 0.215. The van der Waals surface area contributed by atoms with Crippen molar-refractivity contribution in [3.63, 3.8) is 0 Å². The number of nitrogen functional groups attached to an aromatic ring is 1. The normalized spacial score (nSPS) is 12.8. The van der Waals surface area contributed by atoms with Gasteiger partial charge >= 0.3 is 0 Å². The predicted octanol–water partition coefficient (Wildman–Crippen LogP) is 0.748. The summed E-state index contributed by atoms with van der Waals surface area (Å²) in [6, 6.07) is 5.61. The Bertz CT molecular complexity index is 462. The van der Waals surface area contributed by atoms with Gasteiger partial charge in [-0.05, 0) is 18.2 Å². The van der Waals surface area contributed by atoms with Crippen molar-refractivity contribution in [1.29, 1.82) is 0 Å². The summed E-state index contributed by atoms with van der Waals surface area (Å²) in [5.41, 5.74) is 9.92. The molecule has 1 heterocycles. The van der Waals surface area contributed by atoms with Crippen molar-refractivity contribution < 1.29 is 9.53 Å². The Balaban J connectivity index is 0.000000206. The van der Waals surface area contributed by atoms with Gasteiger partial charge in [0.15, 0.2) is 0 Å². The number of hydrogen-bond donors (Lipinski definition) is 4. The van der Waals surface area contributed by atoms with E-state index in [1.807, 2.05) is 25.1 Å². The molecule has 1 aliphatic rings. The zero-order valence-corrected chi connectivity index (χ0v) is 11.8. The molecule has 1 aromatic rings. The molecule has 0 fully saturated rings. The molecule has 0 atom stereocenters. The predicted molar refractivity (Wildman–Crippen MR) is 80.8 cm³/mol. The van der Waals surface area contributed by atoms with Crippen molar-refractivity contribution in [3.05, 3.63) is 18.2 Å². The standard InChI is InChI=1S/C8H10N2O.C5H11N3O/c9-6-1-2-8-7(5-6)10-3-4-11-8;1-3-5(7-4-9)8-6-2/h1-2,5,10H,3-4,9H2;4,6H,3H2,1-2H3,(H,7,8,9). The number of fused-ring (bicyclic) bond motifs is 1. The highest BCUT2D eigenvalue weighted by Gasteiger charge is 2.07. The van der Waals surface area contributed by atoms with Gasteiger partial charge in [-0.2, -0.15) is 5.10 Å². The lowest BCUT2D eigenvalue weighted by molar-refractivity contribution is -0.108. The third-order valence-corrected chi connectivity index (χ3v) is 2.49. The van der Waals surface area contributed by atoms with Gasteiger partial charge in [-0.15, -0.1) is 0 Å². The zero-order valence-electron chi connectivity index (χ0n) is 11.8. The molecule has 0 unspecified atom stereocenters. The average molecular weight is 279 g/mol. The van der Waals surface area contributed by atoms with Gasteiger partial charge in [0.25, 0.3) is 0 Å². The van der Waals surface area contributed by atoms with E-state index in [-0.39, 0.29) is 0 Å². The molecule has 0 aromatic heterocycles. The number of nitrogens with one attached hydrogen (secondary N) is 3. The van der Waals surface area contributed by atoms with Gasteiger partial charge in [0.1, 0.15) is 18.2 Å². The van der Waals surface area contributed by atoms with Crippen molar-refractivity contribution in [2.24, 2.45) is 5.10 Å². The molecule has 0 radical (unpaired) electrons. The monoisotopic (exact) mass is 279 g/mol. The number of anilines is 2. The number of carbonyl (C=O) groups excluding carboxylic acids is 1. The largest absolute Gasteiger partial charge is 0.490 e. The topological polar surface area (TPSA) is 101 Å². The summed E-state index contributed by atoms with van der Waals surface area (Å²) in [6.45, 7) is 3.50. The number of hydrogen-bond acceptors (Lipinski definition) is 6. The minimum absolute atomic E-state index is 0.611. The fraction of sp³-hybridized carbons (Fsp3) is 0.385. The maximum absolute atomic E-state index is 9.83. The number of carbonyl (C=O) groups is 1. The number of benzene rings is 1. The van der Waals surface area contributed by atoms with Crippen LogP contribution < -0.4 is 26.5 Å². The molecule has 0 spiro atoms. The van der Waals surface area contributed by atoms with Crippen molar-refractivity contribution in [1.82, 2.24) is 10.7 Å². The SMILES string of the molecule is CC/C(=N/NC)NC=O.Nc1ccc2c(c1)NCCO2. The number of ether oxygens (including phenoxy) is 1. The highest BCUT2D eigenvalue weighted by Crippen LogP contribution is 2.28. The molecule has 0 saturated heterocycles. The molecule has 0 bridgehead atoms. The average Bonchev–Trinajstić information content (AvgIpc) is 2.47. The molecule has 7 heteroatoms. The van der Waals surface area contributed by atoms with E-state index < -0.39 is 0 Å². The summed E-state index contributed by atoms with van der Waals surface area (Å²) in [6.07, 6.45) is 1.33. The van der Waals surface area contributed by atoms with Crippen LogP contribution in [0.1, 0.15) is 13.3 Å². The van der Waals surface area contributed by atoms with Crippen molar-refractivity contribution in [3.8, 4) is 5.75 Å². The van der Waals surface area contributed by atoms with Crippen LogP contribution >= 0.6 is 0 Å². The number of amides is 1. The van der Waals surface area contributed by atoms with Crippen molar-refractivity contribution >= 4 is 23.6 Å². The molecular formula is C13H21N5O2. The number of hydrazone groups is 1. The van der Waals surface area contributed by atoms with Crippen LogP contribution in [0.2, 0.25) is 0 Å². The highest BCUT2D eigenvalue weighted by molar-refractivity contribution is 5.89. The Labute approximate surface area is 118 Å². The van der Waals surface area contributed by atoms with E-state index in [2.05, 4.69) is 21.2 Å². The van der Waals surface area contributed by atoms with Gasteiger partial charge in [-0.3, -0.25) is 4.79 Å². The third-order valence-electron chi connectivity index (χ3n) is 2.49. The molecule has 7 nitrogen and oxygen atoms in total.